The first-order valence-electron chi connectivity index (χ1n) is 6.63. The van der Waals surface area contributed by atoms with Crippen LogP contribution in [-0.2, 0) is 0 Å². The lowest BCUT2D eigenvalue weighted by molar-refractivity contribution is 0.0696. The van der Waals surface area contributed by atoms with Gasteiger partial charge in [-0.2, -0.15) is 0 Å². The minimum Gasteiger partial charge on any atom is -0.373 e. The first-order valence-corrected chi connectivity index (χ1v) is 6.63. The number of carbonyl (C=O) groups excluding carboxylic acids is 1. The van der Waals surface area contributed by atoms with Gasteiger partial charge in [0, 0.05) is 31.9 Å². The van der Waals surface area contributed by atoms with E-state index >= 15 is 0 Å². The molecule has 1 amide bonds. The van der Waals surface area contributed by atoms with Crippen molar-refractivity contribution in [2.45, 2.75) is 38.1 Å². The molecule has 4 nitrogen and oxygen atoms in total. The average molecular weight is 247 g/mol. The van der Waals surface area contributed by atoms with E-state index in [0.717, 1.165) is 18.7 Å². The Kier molecular flexibility index (Phi) is 4.18. The third kappa shape index (κ3) is 2.81. The van der Waals surface area contributed by atoms with E-state index in [-0.39, 0.29) is 5.91 Å². The minimum atomic E-state index is 0.0980. The maximum Gasteiger partial charge on any atom is 0.254 e. The lowest BCUT2D eigenvalue weighted by Crippen LogP contribution is -2.38. The van der Waals surface area contributed by atoms with Gasteiger partial charge in [-0.3, -0.25) is 4.79 Å². The highest BCUT2D eigenvalue weighted by atomic mass is 16.2. The van der Waals surface area contributed by atoms with E-state index in [9.17, 15) is 4.79 Å². The van der Waals surface area contributed by atoms with Gasteiger partial charge in [0.15, 0.2) is 0 Å². The second kappa shape index (κ2) is 5.85. The molecule has 1 N–H and O–H groups in total. The molecule has 0 aromatic carbocycles. The van der Waals surface area contributed by atoms with Gasteiger partial charge in [0.05, 0.1) is 0 Å². The lowest BCUT2D eigenvalue weighted by Gasteiger charge is -2.31. The summed E-state index contributed by atoms with van der Waals surface area (Å²) in [5, 5.41) is 2.96. The van der Waals surface area contributed by atoms with Crippen molar-refractivity contribution in [3.05, 3.63) is 23.9 Å². The number of rotatable bonds is 3. The highest BCUT2D eigenvalue weighted by Crippen LogP contribution is 2.23. The summed E-state index contributed by atoms with van der Waals surface area (Å²) in [5.41, 5.74) is 0.711. The summed E-state index contributed by atoms with van der Waals surface area (Å²) in [6.07, 6.45) is 7.71. The molecular formula is C14H21N3O. The Morgan fingerprint density at radius 2 is 2.11 bits per heavy atom. The van der Waals surface area contributed by atoms with Crippen molar-refractivity contribution in [3.63, 3.8) is 0 Å². The third-order valence-corrected chi connectivity index (χ3v) is 3.71. The molecule has 1 heterocycles. The minimum absolute atomic E-state index is 0.0980. The zero-order valence-corrected chi connectivity index (χ0v) is 11.1. The maximum absolute atomic E-state index is 12.4. The molecule has 0 atom stereocenters. The molecule has 1 fully saturated rings. The predicted molar refractivity (Wildman–Crippen MR) is 72.8 cm³/mol. The highest BCUT2D eigenvalue weighted by molar-refractivity contribution is 5.94. The van der Waals surface area contributed by atoms with Crippen LogP contribution < -0.4 is 5.32 Å². The van der Waals surface area contributed by atoms with Gasteiger partial charge in [-0.05, 0) is 25.0 Å². The summed E-state index contributed by atoms with van der Waals surface area (Å²) in [7, 11) is 3.72. The number of hydrogen-bond donors (Lipinski definition) is 1. The summed E-state index contributed by atoms with van der Waals surface area (Å²) in [6, 6.07) is 3.99. The smallest absolute Gasteiger partial charge is 0.254 e. The summed E-state index contributed by atoms with van der Waals surface area (Å²) < 4.78 is 0. The van der Waals surface area contributed by atoms with Crippen LogP contribution >= 0.6 is 0 Å². The van der Waals surface area contributed by atoms with Crippen LogP contribution in [0.4, 0.5) is 5.82 Å². The van der Waals surface area contributed by atoms with Gasteiger partial charge in [0.2, 0.25) is 0 Å². The van der Waals surface area contributed by atoms with Crippen molar-refractivity contribution in [1.82, 2.24) is 9.88 Å². The summed E-state index contributed by atoms with van der Waals surface area (Å²) in [6.45, 7) is 0. The van der Waals surface area contributed by atoms with E-state index in [4.69, 9.17) is 0 Å². The molecule has 1 aromatic rings. The molecule has 0 unspecified atom stereocenters. The fourth-order valence-corrected chi connectivity index (χ4v) is 2.54. The van der Waals surface area contributed by atoms with E-state index < -0.39 is 0 Å². The Morgan fingerprint density at radius 3 is 2.78 bits per heavy atom. The standard InChI is InChI=1S/C14H21N3O/c1-15-13-10-11(8-9-16-13)14(18)17(2)12-6-4-3-5-7-12/h8-10,12H,3-7H2,1-2H3,(H,15,16). The van der Waals surface area contributed by atoms with Crippen LogP contribution in [-0.4, -0.2) is 35.9 Å². The number of hydrogen-bond acceptors (Lipinski definition) is 3. The van der Waals surface area contributed by atoms with Crippen LogP contribution in [0.15, 0.2) is 18.3 Å². The monoisotopic (exact) mass is 247 g/mol. The maximum atomic E-state index is 12.4. The van der Waals surface area contributed by atoms with E-state index in [1.807, 2.05) is 18.0 Å². The van der Waals surface area contributed by atoms with Gasteiger partial charge in [-0.25, -0.2) is 4.98 Å². The van der Waals surface area contributed by atoms with Crippen LogP contribution in [0.25, 0.3) is 0 Å². The average Bonchev–Trinajstić information content (AvgIpc) is 2.46. The lowest BCUT2D eigenvalue weighted by atomic mass is 9.94. The Morgan fingerprint density at radius 1 is 1.39 bits per heavy atom. The first kappa shape index (κ1) is 12.9. The second-order valence-corrected chi connectivity index (χ2v) is 4.89. The van der Waals surface area contributed by atoms with Crippen LogP contribution in [0.2, 0.25) is 0 Å². The van der Waals surface area contributed by atoms with E-state index in [2.05, 4.69) is 10.3 Å². The fourth-order valence-electron chi connectivity index (χ4n) is 2.54. The second-order valence-electron chi connectivity index (χ2n) is 4.89. The zero-order chi connectivity index (χ0) is 13.0. The van der Waals surface area contributed by atoms with Gasteiger partial charge >= 0.3 is 0 Å². The van der Waals surface area contributed by atoms with Crippen molar-refractivity contribution in [3.8, 4) is 0 Å². The SMILES string of the molecule is CNc1cc(C(=O)N(C)C2CCCCC2)ccn1. The van der Waals surface area contributed by atoms with Crippen LogP contribution in [0.1, 0.15) is 42.5 Å². The Hall–Kier alpha value is -1.58. The van der Waals surface area contributed by atoms with Crippen molar-refractivity contribution in [2.24, 2.45) is 0 Å². The predicted octanol–water partition coefficient (Wildman–Crippen LogP) is 2.53. The molecule has 0 spiro atoms. The molecule has 0 radical (unpaired) electrons. The summed E-state index contributed by atoms with van der Waals surface area (Å²) >= 11 is 0. The molecule has 4 heteroatoms. The molecule has 0 aliphatic heterocycles. The number of carbonyl (C=O) groups is 1. The Labute approximate surface area is 108 Å². The molecule has 18 heavy (non-hydrogen) atoms. The fraction of sp³-hybridized carbons (Fsp3) is 0.571. The number of nitrogens with zero attached hydrogens (tertiary/aromatic N) is 2. The van der Waals surface area contributed by atoms with Crippen molar-refractivity contribution >= 4 is 11.7 Å². The Bertz CT molecular complexity index is 413. The zero-order valence-electron chi connectivity index (χ0n) is 11.1. The van der Waals surface area contributed by atoms with Gasteiger partial charge in [0.25, 0.3) is 5.91 Å². The van der Waals surface area contributed by atoms with Crippen LogP contribution in [0.5, 0.6) is 0 Å². The van der Waals surface area contributed by atoms with Crippen LogP contribution in [0.3, 0.4) is 0 Å². The van der Waals surface area contributed by atoms with E-state index in [0.29, 0.717) is 11.6 Å². The molecule has 1 aliphatic carbocycles. The molecule has 0 bridgehead atoms. The largest absolute Gasteiger partial charge is 0.373 e. The third-order valence-electron chi connectivity index (χ3n) is 3.71. The highest BCUT2D eigenvalue weighted by Gasteiger charge is 2.23. The van der Waals surface area contributed by atoms with Gasteiger partial charge in [-0.15, -0.1) is 0 Å². The van der Waals surface area contributed by atoms with Gasteiger partial charge in [0.1, 0.15) is 5.82 Å². The normalized spacial score (nSPS) is 16.3. The van der Waals surface area contributed by atoms with E-state index in [1.54, 1.807) is 19.3 Å². The van der Waals surface area contributed by atoms with Crippen LogP contribution in [0, 0.1) is 0 Å². The molecule has 1 aliphatic rings. The molecule has 1 saturated carbocycles. The molecule has 98 valence electrons. The van der Waals surface area contributed by atoms with Crippen molar-refractivity contribution < 1.29 is 4.79 Å². The number of anilines is 1. The topological polar surface area (TPSA) is 45.2 Å². The van der Waals surface area contributed by atoms with Crippen molar-refractivity contribution in [1.29, 1.82) is 0 Å². The molecule has 2 rings (SSSR count). The molecule has 1 aromatic heterocycles. The van der Waals surface area contributed by atoms with Crippen molar-refractivity contribution in [2.75, 3.05) is 19.4 Å². The first-order chi connectivity index (χ1) is 8.72. The molecular weight excluding hydrogens is 226 g/mol. The van der Waals surface area contributed by atoms with E-state index in [1.165, 1.54) is 19.3 Å². The number of pyridine rings is 1. The summed E-state index contributed by atoms with van der Waals surface area (Å²) in [4.78, 5) is 18.4. The Balaban J connectivity index is 2.09. The number of aromatic nitrogens is 1. The quantitative estimate of drug-likeness (QED) is 0.892. The van der Waals surface area contributed by atoms with Gasteiger partial charge in [-0.1, -0.05) is 19.3 Å². The summed E-state index contributed by atoms with van der Waals surface area (Å²) in [5.74, 6) is 0.832. The van der Waals surface area contributed by atoms with Gasteiger partial charge < -0.3 is 10.2 Å². The number of amides is 1. The molecule has 0 saturated heterocycles. The number of nitrogens with one attached hydrogen (secondary N) is 1.